The number of nitrogens with zero attached hydrogens (tertiary/aromatic N) is 1. The maximum Gasteiger partial charge on any atom is 0.355 e. The molecule has 0 aliphatic rings. The van der Waals surface area contributed by atoms with Crippen molar-refractivity contribution in [2.24, 2.45) is 0 Å². The van der Waals surface area contributed by atoms with E-state index in [4.69, 9.17) is 5.11 Å². The average Bonchev–Trinajstić information content (AvgIpc) is 2.44. The molecule has 21 heavy (non-hydrogen) atoms. The highest BCUT2D eigenvalue weighted by atomic mass is 16.5. The minimum atomic E-state index is -3.58. The summed E-state index contributed by atoms with van der Waals surface area (Å²) < 4.78 is 0. The van der Waals surface area contributed by atoms with Gasteiger partial charge in [0.15, 0.2) is 0 Å². The Morgan fingerprint density at radius 1 is 0.952 bits per heavy atom. The molecule has 0 aromatic heterocycles. The van der Waals surface area contributed by atoms with Gasteiger partial charge in [0, 0.05) is 5.56 Å². The second kappa shape index (κ2) is 5.60. The average molecular weight is 297 g/mol. The molecule has 0 amide bonds. The maximum absolute atomic E-state index is 12.3. The van der Waals surface area contributed by atoms with Gasteiger partial charge >= 0.3 is 11.9 Å². The number of carboxylic acids is 2. The number of aliphatic carboxylic acids is 2. The van der Waals surface area contributed by atoms with Crippen molar-refractivity contribution in [3.05, 3.63) is 35.9 Å². The van der Waals surface area contributed by atoms with E-state index in [-0.39, 0.29) is 5.56 Å². The van der Waals surface area contributed by atoms with Gasteiger partial charge in [0.2, 0.25) is 5.78 Å². The monoisotopic (exact) mass is 297 g/mol. The van der Waals surface area contributed by atoms with Crippen LogP contribution in [0.5, 0.6) is 0 Å². The fourth-order valence-electron chi connectivity index (χ4n) is 1.87. The number of rotatable bonds is 6. The Kier molecular flexibility index (Phi) is 4.47. The number of carboxylic acid groups (broad SMARTS) is 2. The molecule has 0 heterocycles. The van der Waals surface area contributed by atoms with Gasteiger partial charge in [-0.1, -0.05) is 30.3 Å². The van der Waals surface area contributed by atoms with Gasteiger partial charge in [-0.2, -0.15) is 0 Å². The van der Waals surface area contributed by atoms with E-state index in [1.54, 1.807) is 6.07 Å². The van der Waals surface area contributed by atoms with Crippen LogP contribution in [-0.2, 0) is 9.59 Å². The molecule has 8 nitrogen and oxygen atoms in total. The van der Waals surface area contributed by atoms with E-state index in [1.165, 1.54) is 24.3 Å². The molecule has 1 rings (SSSR count). The molecule has 0 radical (unpaired) electrons. The van der Waals surface area contributed by atoms with Crippen LogP contribution < -0.4 is 0 Å². The Morgan fingerprint density at radius 2 is 1.43 bits per heavy atom. The van der Waals surface area contributed by atoms with Gasteiger partial charge in [0.05, 0.1) is 0 Å². The van der Waals surface area contributed by atoms with E-state index in [9.17, 15) is 29.7 Å². The molecule has 0 saturated carbocycles. The van der Waals surface area contributed by atoms with Gasteiger partial charge < -0.3 is 20.4 Å². The van der Waals surface area contributed by atoms with Crippen LogP contribution in [0.25, 0.3) is 0 Å². The lowest BCUT2D eigenvalue weighted by Crippen LogP contribution is -2.73. The summed E-state index contributed by atoms with van der Waals surface area (Å²) in [5, 5.41) is 38.7. The van der Waals surface area contributed by atoms with Crippen molar-refractivity contribution in [2.45, 2.75) is 11.3 Å². The molecule has 4 N–H and O–H groups in total. The van der Waals surface area contributed by atoms with Crippen LogP contribution in [0.15, 0.2) is 30.3 Å². The largest absolute Gasteiger partial charge is 0.479 e. The third-order valence-corrected chi connectivity index (χ3v) is 3.12. The normalized spacial score (nSPS) is 16.8. The van der Waals surface area contributed by atoms with E-state index in [2.05, 4.69) is 0 Å². The fraction of sp³-hybridized carbons (Fsp3) is 0.308. The number of Topliss-reactive ketones (excluding diaryl/α,β-unsaturated/α-hetero) is 1. The van der Waals surface area contributed by atoms with Gasteiger partial charge in [0.25, 0.3) is 11.3 Å². The Morgan fingerprint density at radius 3 is 1.76 bits per heavy atom. The Labute approximate surface area is 119 Å². The molecule has 0 bridgehead atoms. The van der Waals surface area contributed by atoms with Gasteiger partial charge in [0.1, 0.15) is 0 Å². The van der Waals surface area contributed by atoms with Crippen molar-refractivity contribution in [1.82, 2.24) is 4.90 Å². The first-order valence-electron chi connectivity index (χ1n) is 5.79. The summed E-state index contributed by atoms with van der Waals surface area (Å²) in [5.74, 6) is -5.68. The lowest BCUT2D eigenvalue weighted by atomic mass is 9.82. The summed E-state index contributed by atoms with van der Waals surface area (Å²) in [6.45, 7) is 0. The van der Waals surface area contributed by atoms with Crippen LogP contribution >= 0.6 is 0 Å². The number of hydrogen-bond donors (Lipinski definition) is 4. The summed E-state index contributed by atoms with van der Waals surface area (Å²) in [6.07, 6.45) is 0. The number of hydrogen-bond acceptors (Lipinski definition) is 6. The fourth-order valence-corrected chi connectivity index (χ4v) is 1.87. The lowest BCUT2D eigenvalue weighted by Gasteiger charge is -2.39. The zero-order chi connectivity index (χ0) is 16.4. The molecule has 0 aliphatic heterocycles. The van der Waals surface area contributed by atoms with Gasteiger partial charge in [-0.15, -0.1) is 0 Å². The van der Waals surface area contributed by atoms with E-state index in [1.807, 2.05) is 0 Å². The van der Waals surface area contributed by atoms with Crippen molar-refractivity contribution in [1.29, 1.82) is 0 Å². The molecule has 0 spiro atoms. The van der Waals surface area contributed by atoms with Crippen LogP contribution in [0.4, 0.5) is 0 Å². The van der Waals surface area contributed by atoms with Gasteiger partial charge in [-0.3, -0.25) is 9.69 Å². The molecule has 1 aromatic rings. The van der Waals surface area contributed by atoms with Crippen molar-refractivity contribution in [2.75, 3.05) is 14.1 Å². The number of aliphatic hydroxyl groups is 2. The third kappa shape index (κ3) is 2.40. The predicted molar refractivity (Wildman–Crippen MR) is 69.6 cm³/mol. The molecule has 114 valence electrons. The molecule has 0 fully saturated rings. The van der Waals surface area contributed by atoms with E-state index in [0.29, 0.717) is 4.90 Å². The van der Waals surface area contributed by atoms with Crippen LogP contribution in [0.1, 0.15) is 10.4 Å². The van der Waals surface area contributed by atoms with Crippen molar-refractivity contribution in [3.8, 4) is 0 Å². The standard InChI is InChI=1S/C13H15NO7/c1-14(2)13(21,11(18)19)12(20,10(16)17)9(15)8-6-4-3-5-7-8/h3-7,20-21H,1-2H3,(H,16,17)(H,18,19). The summed E-state index contributed by atoms with van der Waals surface area (Å²) in [4.78, 5) is 35.5. The molecule has 1 aromatic carbocycles. The molecule has 0 saturated heterocycles. The van der Waals surface area contributed by atoms with Crippen molar-refractivity contribution >= 4 is 17.7 Å². The quantitative estimate of drug-likeness (QED) is 0.299. The second-order valence-electron chi connectivity index (χ2n) is 4.58. The summed E-state index contributed by atoms with van der Waals surface area (Å²) in [5.41, 5.74) is -7.17. The number of carbonyl (C=O) groups excluding carboxylic acids is 1. The third-order valence-electron chi connectivity index (χ3n) is 3.12. The van der Waals surface area contributed by atoms with Crippen LogP contribution in [0, 0.1) is 0 Å². The second-order valence-corrected chi connectivity index (χ2v) is 4.58. The predicted octanol–water partition coefficient (Wildman–Crippen LogP) is -0.980. The van der Waals surface area contributed by atoms with E-state index in [0.717, 1.165) is 14.1 Å². The summed E-state index contributed by atoms with van der Waals surface area (Å²) >= 11 is 0. The van der Waals surface area contributed by atoms with E-state index < -0.39 is 29.0 Å². The number of benzene rings is 1. The van der Waals surface area contributed by atoms with Crippen LogP contribution in [-0.4, -0.2) is 68.5 Å². The van der Waals surface area contributed by atoms with Crippen LogP contribution in [0.2, 0.25) is 0 Å². The molecule has 0 aliphatic carbocycles. The maximum atomic E-state index is 12.3. The molecule has 2 atom stereocenters. The number of carbonyl (C=O) groups is 3. The molecule has 2 unspecified atom stereocenters. The lowest BCUT2D eigenvalue weighted by molar-refractivity contribution is -0.225. The Hall–Kier alpha value is -2.29. The Bertz CT molecular complexity index is 571. The van der Waals surface area contributed by atoms with Crippen molar-refractivity contribution in [3.63, 3.8) is 0 Å². The highest BCUT2D eigenvalue weighted by Gasteiger charge is 2.67. The van der Waals surface area contributed by atoms with E-state index >= 15 is 0 Å². The van der Waals surface area contributed by atoms with Gasteiger partial charge in [-0.05, 0) is 14.1 Å². The Balaban J connectivity index is 3.56. The smallest absolute Gasteiger partial charge is 0.355 e. The van der Waals surface area contributed by atoms with Crippen molar-refractivity contribution < 1.29 is 34.8 Å². The minimum absolute atomic E-state index is 0.246. The first-order chi connectivity index (χ1) is 9.60. The SMILES string of the molecule is CN(C)C(O)(C(=O)O)C(O)(C(=O)O)C(=O)c1ccccc1. The highest BCUT2D eigenvalue weighted by molar-refractivity contribution is 6.18. The molecular weight excluding hydrogens is 282 g/mol. The highest BCUT2D eigenvalue weighted by Crippen LogP contribution is 2.29. The zero-order valence-corrected chi connectivity index (χ0v) is 11.3. The molecular formula is C13H15NO7. The first-order valence-corrected chi connectivity index (χ1v) is 5.79. The van der Waals surface area contributed by atoms with Crippen LogP contribution in [0.3, 0.4) is 0 Å². The first kappa shape index (κ1) is 16.8. The zero-order valence-electron chi connectivity index (χ0n) is 11.3. The van der Waals surface area contributed by atoms with Gasteiger partial charge in [-0.25, -0.2) is 9.59 Å². The minimum Gasteiger partial charge on any atom is -0.479 e. The summed E-state index contributed by atoms with van der Waals surface area (Å²) in [6, 6.07) is 6.77. The topological polar surface area (TPSA) is 135 Å². The number of likely N-dealkylation sites (N-methyl/N-ethyl adjacent to an activating group) is 1. The number of ketones is 1. The molecule has 8 heteroatoms. The summed E-state index contributed by atoms with van der Waals surface area (Å²) in [7, 11) is 2.06.